The van der Waals surface area contributed by atoms with Gasteiger partial charge in [0.1, 0.15) is 18.2 Å². The number of carbonyl (C=O) groups excluding carboxylic acids is 1. The van der Waals surface area contributed by atoms with Crippen molar-refractivity contribution in [3.05, 3.63) is 42.1 Å². The molecular formula is C19H27N5O. The molecule has 0 bridgehead atoms. The van der Waals surface area contributed by atoms with Crippen LogP contribution in [-0.4, -0.2) is 52.5 Å². The van der Waals surface area contributed by atoms with E-state index in [2.05, 4.69) is 29.0 Å². The van der Waals surface area contributed by atoms with E-state index in [1.54, 1.807) is 6.20 Å². The molecule has 25 heavy (non-hydrogen) atoms. The molecule has 6 heteroatoms. The average molecular weight is 341 g/mol. The van der Waals surface area contributed by atoms with Crippen LogP contribution >= 0.6 is 0 Å². The van der Waals surface area contributed by atoms with Crippen molar-refractivity contribution < 1.29 is 4.79 Å². The Morgan fingerprint density at radius 3 is 2.92 bits per heavy atom. The maximum atomic E-state index is 12.7. The van der Waals surface area contributed by atoms with Gasteiger partial charge in [-0.2, -0.15) is 0 Å². The minimum absolute atomic E-state index is 0.180. The van der Waals surface area contributed by atoms with Gasteiger partial charge in [-0.1, -0.05) is 6.92 Å². The summed E-state index contributed by atoms with van der Waals surface area (Å²) in [4.78, 5) is 25.5. The Labute approximate surface area is 149 Å². The van der Waals surface area contributed by atoms with Gasteiger partial charge in [0.2, 0.25) is 5.91 Å². The Bertz CT molecular complexity index is 724. The third-order valence-corrected chi connectivity index (χ3v) is 4.90. The standard InChI is InChI=1S/C19H27N5O/c1-4-17-21-9-11-23(17)14-19(25)24-10-5-6-16(13-24)15-7-8-20-18(12-15)22(2)3/h7-9,11-12,16H,4-6,10,13-14H2,1-3H3/t16-/m1/s1. The Balaban J connectivity index is 1.68. The molecule has 2 aromatic rings. The zero-order chi connectivity index (χ0) is 17.8. The average Bonchev–Trinajstić information content (AvgIpc) is 3.09. The number of anilines is 1. The summed E-state index contributed by atoms with van der Waals surface area (Å²) in [6.45, 7) is 4.07. The van der Waals surface area contributed by atoms with Crippen LogP contribution in [0.1, 0.15) is 37.1 Å². The molecule has 1 amide bonds. The molecule has 6 nitrogen and oxygen atoms in total. The molecule has 134 valence electrons. The Morgan fingerprint density at radius 2 is 2.16 bits per heavy atom. The molecule has 2 aromatic heterocycles. The van der Waals surface area contributed by atoms with Gasteiger partial charge in [0.25, 0.3) is 0 Å². The number of carbonyl (C=O) groups is 1. The molecule has 0 spiro atoms. The summed E-state index contributed by atoms with van der Waals surface area (Å²) in [6, 6.07) is 4.22. The molecule has 0 aromatic carbocycles. The van der Waals surface area contributed by atoms with Crippen molar-refractivity contribution in [2.75, 3.05) is 32.1 Å². The summed E-state index contributed by atoms with van der Waals surface area (Å²) in [5.41, 5.74) is 1.27. The topological polar surface area (TPSA) is 54.3 Å². The minimum Gasteiger partial charge on any atom is -0.363 e. The minimum atomic E-state index is 0.180. The second-order valence-corrected chi connectivity index (χ2v) is 6.85. The van der Waals surface area contributed by atoms with Crippen LogP contribution in [0, 0.1) is 0 Å². The van der Waals surface area contributed by atoms with Crippen LogP contribution in [0.25, 0.3) is 0 Å². The van der Waals surface area contributed by atoms with Crippen molar-refractivity contribution in [2.24, 2.45) is 0 Å². The zero-order valence-electron chi connectivity index (χ0n) is 15.4. The van der Waals surface area contributed by atoms with Crippen LogP contribution < -0.4 is 4.90 Å². The predicted octanol–water partition coefficient (Wildman–Crippen LogP) is 2.31. The van der Waals surface area contributed by atoms with E-state index >= 15 is 0 Å². The van der Waals surface area contributed by atoms with Gasteiger partial charge in [-0.25, -0.2) is 9.97 Å². The number of aryl methyl sites for hydroxylation is 1. The first-order valence-electron chi connectivity index (χ1n) is 8.99. The molecular weight excluding hydrogens is 314 g/mol. The molecule has 0 unspecified atom stereocenters. The van der Waals surface area contributed by atoms with Gasteiger partial charge in [0, 0.05) is 58.1 Å². The lowest BCUT2D eigenvalue weighted by Gasteiger charge is -2.33. The second kappa shape index (κ2) is 7.68. The molecule has 0 N–H and O–H groups in total. The number of imidazole rings is 1. The fourth-order valence-electron chi connectivity index (χ4n) is 3.45. The third-order valence-electron chi connectivity index (χ3n) is 4.90. The molecule has 3 rings (SSSR count). The highest BCUT2D eigenvalue weighted by Crippen LogP contribution is 2.28. The number of piperidine rings is 1. The highest BCUT2D eigenvalue weighted by Gasteiger charge is 2.25. The zero-order valence-corrected chi connectivity index (χ0v) is 15.4. The van der Waals surface area contributed by atoms with Crippen molar-refractivity contribution in [1.29, 1.82) is 0 Å². The lowest BCUT2D eigenvalue weighted by atomic mass is 9.91. The summed E-state index contributed by atoms with van der Waals surface area (Å²) in [6.07, 6.45) is 8.53. The fourth-order valence-corrected chi connectivity index (χ4v) is 3.45. The van der Waals surface area contributed by atoms with E-state index in [0.29, 0.717) is 12.5 Å². The molecule has 0 radical (unpaired) electrons. The number of hydrogen-bond donors (Lipinski definition) is 0. The summed E-state index contributed by atoms with van der Waals surface area (Å²) in [5.74, 6) is 2.49. The number of aromatic nitrogens is 3. The first-order chi connectivity index (χ1) is 12.1. The van der Waals surface area contributed by atoms with E-state index in [9.17, 15) is 4.79 Å². The van der Waals surface area contributed by atoms with Crippen molar-refractivity contribution in [3.8, 4) is 0 Å². The summed E-state index contributed by atoms with van der Waals surface area (Å²) in [5, 5.41) is 0. The third kappa shape index (κ3) is 4.00. The van der Waals surface area contributed by atoms with Crippen molar-refractivity contribution in [3.63, 3.8) is 0 Å². The summed E-state index contributed by atoms with van der Waals surface area (Å²) >= 11 is 0. The van der Waals surface area contributed by atoms with E-state index in [-0.39, 0.29) is 5.91 Å². The largest absolute Gasteiger partial charge is 0.363 e. The number of hydrogen-bond acceptors (Lipinski definition) is 4. The van der Waals surface area contributed by atoms with Crippen LogP contribution in [0.15, 0.2) is 30.7 Å². The van der Waals surface area contributed by atoms with Crippen LogP contribution in [0.4, 0.5) is 5.82 Å². The SMILES string of the molecule is CCc1nccn1CC(=O)N1CCC[C@@H](c2ccnc(N(C)C)c2)C1. The van der Waals surface area contributed by atoms with Gasteiger partial charge >= 0.3 is 0 Å². The van der Waals surface area contributed by atoms with Gasteiger partial charge in [-0.05, 0) is 30.5 Å². The molecule has 0 aliphatic carbocycles. The lowest BCUT2D eigenvalue weighted by Crippen LogP contribution is -2.41. The lowest BCUT2D eigenvalue weighted by molar-refractivity contribution is -0.133. The van der Waals surface area contributed by atoms with E-state index in [0.717, 1.165) is 44.0 Å². The van der Waals surface area contributed by atoms with E-state index in [4.69, 9.17) is 0 Å². The number of pyridine rings is 1. The highest BCUT2D eigenvalue weighted by atomic mass is 16.2. The van der Waals surface area contributed by atoms with E-state index in [1.807, 2.05) is 40.9 Å². The first kappa shape index (κ1) is 17.5. The monoisotopic (exact) mass is 341 g/mol. The predicted molar refractivity (Wildman–Crippen MR) is 98.7 cm³/mol. The Morgan fingerprint density at radius 1 is 1.32 bits per heavy atom. The fraction of sp³-hybridized carbons (Fsp3) is 0.526. The number of amides is 1. The number of nitrogens with zero attached hydrogens (tertiary/aromatic N) is 5. The van der Waals surface area contributed by atoms with Gasteiger partial charge < -0.3 is 14.4 Å². The molecule has 3 heterocycles. The molecule has 1 fully saturated rings. The van der Waals surface area contributed by atoms with E-state index in [1.165, 1.54) is 5.56 Å². The second-order valence-electron chi connectivity index (χ2n) is 6.85. The van der Waals surface area contributed by atoms with Gasteiger partial charge in [0.05, 0.1) is 0 Å². The Hall–Kier alpha value is -2.37. The Kier molecular flexibility index (Phi) is 5.36. The molecule has 1 aliphatic heterocycles. The maximum absolute atomic E-state index is 12.7. The number of likely N-dealkylation sites (tertiary alicyclic amines) is 1. The normalized spacial score (nSPS) is 17.6. The number of rotatable bonds is 5. The smallest absolute Gasteiger partial charge is 0.242 e. The van der Waals surface area contributed by atoms with Gasteiger partial charge in [-0.15, -0.1) is 0 Å². The van der Waals surface area contributed by atoms with Crippen LogP contribution in [-0.2, 0) is 17.8 Å². The molecule has 1 atom stereocenters. The summed E-state index contributed by atoms with van der Waals surface area (Å²) < 4.78 is 1.96. The molecule has 1 saturated heterocycles. The maximum Gasteiger partial charge on any atom is 0.242 e. The van der Waals surface area contributed by atoms with Crippen LogP contribution in [0.3, 0.4) is 0 Å². The van der Waals surface area contributed by atoms with E-state index < -0.39 is 0 Å². The van der Waals surface area contributed by atoms with Gasteiger partial charge in [0.15, 0.2) is 0 Å². The van der Waals surface area contributed by atoms with Crippen molar-refractivity contribution in [1.82, 2.24) is 19.4 Å². The highest BCUT2D eigenvalue weighted by molar-refractivity contribution is 5.76. The van der Waals surface area contributed by atoms with Crippen molar-refractivity contribution in [2.45, 2.75) is 38.6 Å². The van der Waals surface area contributed by atoms with Crippen LogP contribution in [0.2, 0.25) is 0 Å². The summed E-state index contributed by atoms with van der Waals surface area (Å²) in [7, 11) is 4.00. The first-order valence-corrected chi connectivity index (χ1v) is 8.99. The van der Waals surface area contributed by atoms with Gasteiger partial charge in [-0.3, -0.25) is 4.79 Å². The molecule has 0 saturated carbocycles. The van der Waals surface area contributed by atoms with Crippen LogP contribution in [0.5, 0.6) is 0 Å². The quantitative estimate of drug-likeness (QED) is 0.837. The van der Waals surface area contributed by atoms with Crippen molar-refractivity contribution >= 4 is 11.7 Å². The molecule has 1 aliphatic rings.